The first-order valence-electron chi connectivity index (χ1n) is 6.56. The molecule has 0 saturated carbocycles. The molecule has 0 aliphatic heterocycles. The molecule has 1 aromatic carbocycles. The van der Waals surface area contributed by atoms with Crippen LogP contribution in [0.3, 0.4) is 0 Å². The molecule has 19 heavy (non-hydrogen) atoms. The minimum atomic E-state index is -0.288. The molecule has 0 aliphatic carbocycles. The van der Waals surface area contributed by atoms with E-state index in [9.17, 15) is 4.39 Å². The highest BCUT2D eigenvalue weighted by atomic mass is 19.1. The molecule has 1 aromatic rings. The van der Waals surface area contributed by atoms with Gasteiger partial charge in [0, 0.05) is 13.2 Å². The first-order valence-corrected chi connectivity index (χ1v) is 6.56. The number of rotatable bonds is 7. The van der Waals surface area contributed by atoms with Gasteiger partial charge in [0.15, 0.2) is 11.6 Å². The van der Waals surface area contributed by atoms with E-state index in [1.54, 1.807) is 25.3 Å². The topological polar surface area (TPSA) is 30.5 Å². The van der Waals surface area contributed by atoms with Crippen LogP contribution in [0.15, 0.2) is 18.2 Å². The summed E-state index contributed by atoms with van der Waals surface area (Å²) in [6, 6.07) is 5.28. The third-order valence-corrected chi connectivity index (χ3v) is 3.40. The predicted molar refractivity (Wildman–Crippen MR) is 75.1 cm³/mol. The van der Waals surface area contributed by atoms with Crippen molar-refractivity contribution >= 4 is 0 Å². The Morgan fingerprint density at radius 2 is 1.95 bits per heavy atom. The summed E-state index contributed by atoms with van der Waals surface area (Å²) >= 11 is 0. The van der Waals surface area contributed by atoms with Gasteiger partial charge in [0.2, 0.25) is 0 Å². The average molecular weight is 269 g/mol. The van der Waals surface area contributed by atoms with Crippen molar-refractivity contribution < 1.29 is 13.9 Å². The maximum absolute atomic E-state index is 14.1. The summed E-state index contributed by atoms with van der Waals surface area (Å²) in [5.74, 6) is 0.353. The SMILES string of the molecule is CNC(Cc1cccc(OC)c1F)C(OC)C(C)C. The van der Waals surface area contributed by atoms with E-state index >= 15 is 0 Å². The average Bonchev–Trinajstić information content (AvgIpc) is 2.40. The molecule has 1 N–H and O–H groups in total. The number of ether oxygens (including phenoxy) is 2. The lowest BCUT2D eigenvalue weighted by Crippen LogP contribution is -2.43. The molecule has 0 heterocycles. The summed E-state index contributed by atoms with van der Waals surface area (Å²) in [6.07, 6.45) is 0.603. The molecule has 0 bridgehead atoms. The minimum Gasteiger partial charge on any atom is -0.494 e. The second-order valence-electron chi connectivity index (χ2n) is 4.98. The third kappa shape index (κ3) is 3.91. The van der Waals surface area contributed by atoms with Crippen LogP contribution >= 0.6 is 0 Å². The van der Waals surface area contributed by atoms with Gasteiger partial charge in [-0.3, -0.25) is 0 Å². The molecular formula is C15H24FNO2. The zero-order chi connectivity index (χ0) is 14.4. The van der Waals surface area contributed by atoms with Crippen molar-refractivity contribution in [3.63, 3.8) is 0 Å². The summed E-state index contributed by atoms with van der Waals surface area (Å²) in [5.41, 5.74) is 0.640. The summed E-state index contributed by atoms with van der Waals surface area (Å²) in [4.78, 5) is 0. The lowest BCUT2D eigenvalue weighted by atomic mass is 9.93. The molecule has 2 atom stereocenters. The van der Waals surface area contributed by atoms with Crippen LogP contribution in [0.1, 0.15) is 19.4 Å². The van der Waals surface area contributed by atoms with E-state index in [1.807, 2.05) is 7.05 Å². The van der Waals surface area contributed by atoms with Crippen LogP contribution in [0.5, 0.6) is 5.75 Å². The van der Waals surface area contributed by atoms with Gasteiger partial charge in [-0.2, -0.15) is 0 Å². The van der Waals surface area contributed by atoms with Gasteiger partial charge in [0.1, 0.15) is 0 Å². The van der Waals surface area contributed by atoms with Crippen molar-refractivity contribution in [3.05, 3.63) is 29.6 Å². The number of likely N-dealkylation sites (N-methyl/N-ethyl adjacent to an activating group) is 1. The second kappa shape index (κ2) is 7.46. The highest BCUT2D eigenvalue weighted by molar-refractivity contribution is 5.31. The molecule has 0 aliphatic rings. The highest BCUT2D eigenvalue weighted by Crippen LogP contribution is 2.23. The maximum Gasteiger partial charge on any atom is 0.168 e. The minimum absolute atomic E-state index is 0.0376. The Morgan fingerprint density at radius 3 is 2.42 bits per heavy atom. The molecule has 3 nitrogen and oxygen atoms in total. The first kappa shape index (κ1) is 15.9. The van der Waals surface area contributed by atoms with Crippen molar-refractivity contribution in [1.82, 2.24) is 5.32 Å². The molecule has 0 amide bonds. The van der Waals surface area contributed by atoms with Crippen molar-refractivity contribution in [2.45, 2.75) is 32.4 Å². The molecule has 0 radical (unpaired) electrons. The fourth-order valence-electron chi connectivity index (χ4n) is 2.39. The van der Waals surface area contributed by atoms with Gasteiger partial charge in [-0.1, -0.05) is 26.0 Å². The van der Waals surface area contributed by atoms with E-state index in [1.165, 1.54) is 7.11 Å². The number of methoxy groups -OCH3 is 2. The molecule has 4 heteroatoms. The fraction of sp³-hybridized carbons (Fsp3) is 0.600. The zero-order valence-corrected chi connectivity index (χ0v) is 12.4. The lowest BCUT2D eigenvalue weighted by Gasteiger charge is -2.29. The van der Waals surface area contributed by atoms with Crippen LogP contribution in [-0.4, -0.2) is 33.4 Å². The summed E-state index contributed by atoms with van der Waals surface area (Å²) in [6.45, 7) is 4.20. The first-order chi connectivity index (χ1) is 9.04. The standard InChI is InChI=1S/C15H24FNO2/c1-10(2)15(19-5)12(17-3)9-11-7-6-8-13(18-4)14(11)16/h6-8,10,12,15,17H,9H2,1-5H3. The van der Waals surface area contributed by atoms with Crippen molar-refractivity contribution in [1.29, 1.82) is 0 Å². The largest absolute Gasteiger partial charge is 0.494 e. The number of benzene rings is 1. The van der Waals surface area contributed by atoms with Crippen molar-refractivity contribution in [3.8, 4) is 5.75 Å². The van der Waals surface area contributed by atoms with Gasteiger partial charge in [-0.15, -0.1) is 0 Å². The molecular weight excluding hydrogens is 245 g/mol. The van der Waals surface area contributed by atoms with Crippen LogP contribution in [0.25, 0.3) is 0 Å². The Kier molecular flexibility index (Phi) is 6.25. The lowest BCUT2D eigenvalue weighted by molar-refractivity contribution is 0.0351. The Morgan fingerprint density at radius 1 is 1.26 bits per heavy atom. The van der Waals surface area contributed by atoms with E-state index in [0.717, 1.165) is 0 Å². The van der Waals surface area contributed by atoms with E-state index < -0.39 is 0 Å². The molecule has 0 fully saturated rings. The maximum atomic E-state index is 14.1. The van der Waals surface area contributed by atoms with E-state index in [4.69, 9.17) is 9.47 Å². The molecule has 0 aromatic heterocycles. The van der Waals surface area contributed by atoms with Crippen molar-refractivity contribution in [2.24, 2.45) is 5.92 Å². The molecule has 0 saturated heterocycles. The third-order valence-electron chi connectivity index (χ3n) is 3.40. The van der Waals surface area contributed by atoms with Crippen LogP contribution in [-0.2, 0) is 11.2 Å². The van der Waals surface area contributed by atoms with E-state index in [-0.39, 0.29) is 23.7 Å². The summed E-state index contributed by atoms with van der Waals surface area (Å²) in [7, 11) is 5.04. The summed E-state index contributed by atoms with van der Waals surface area (Å²) < 4.78 is 24.7. The number of halogens is 1. The van der Waals surface area contributed by atoms with E-state index in [2.05, 4.69) is 19.2 Å². The quantitative estimate of drug-likeness (QED) is 0.825. The van der Waals surface area contributed by atoms with Gasteiger partial charge in [0.25, 0.3) is 0 Å². The van der Waals surface area contributed by atoms with Gasteiger partial charge in [-0.25, -0.2) is 4.39 Å². The smallest absolute Gasteiger partial charge is 0.168 e. The van der Waals surface area contributed by atoms with Crippen LogP contribution in [0.4, 0.5) is 4.39 Å². The Labute approximate surface area is 115 Å². The normalized spacial score (nSPS) is 14.5. The molecule has 1 rings (SSSR count). The monoisotopic (exact) mass is 269 g/mol. The fourth-order valence-corrected chi connectivity index (χ4v) is 2.39. The molecule has 0 spiro atoms. The Hall–Kier alpha value is -1.13. The van der Waals surface area contributed by atoms with Crippen LogP contribution in [0.2, 0.25) is 0 Å². The van der Waals surface area contributed by atoms with Gasteiger partial charge < -0.3 is 14.8 Å². The highest BCUT2D eigenvalue weighted by Gasteiger charge is 2.24. The predicted octanol–water partition coefficient (Wildman–Crippen LogP) is 2.64. The molecule has 108 valence electrons. The Balaban J connectivity index is 2.92. The zero-order valence-electron chi connectivity index (χ0n) is 12.4. The van der Waals surface area contributed by atoms with Crippen LogP contribution in [0, 0.1) is 11.7 Å². The van der Waals surface area contributed by atoms with E-state index in [0.29, 0.717) is 17.9 Å². The molecule has 2 unspecified atom stereocenters. The number of hydrogen-bond donors (Lipinski definition) is 1. The number of hydrogen-bond acceptors (Lipinski definition) is 3. The van der Waals surface area contributed by atoms with Gasteiger partial charge in [-0.05, 0) is 31.0 Å². The van der Waals surface area contributed by atoms with Crippen molar-refractivity contribution in [2.75, 3.05) is 21.3 Å². The Bertz CT molecular complexity index is 396. The van der Waals surface area contributed by atoms with Gasteiger partial charge >= 0.3 is 0 Å². The van der Waals surface area contributed by atoms with Gasteiger partial charge in [0.05, 0.1) is 13.2 Å². The summed E-state index contributed by atoms with van der Waals surface area (Å²) in [5, 5.41) is 3.22. The van der Waals surface area contributed by atoms with Crippen LogP contribution < -0.4 is 10.1 Å². The number of nitrogens with one attached hydrogen (secondary N) is 1. The second-order valence-corrected chi connectivity index (χ2v) is 4.98.